The van der Waals surface area contributed by atoms with Gasteiger partial charge in [0.15, 0.2) is 0 Å². The minimum atomic E-state index is 0.585. The van der Waals surface area contributed by atoms with Crippen molar-refractivity contribution in [1.82, 2.24) is 15.0 Å². The zero-order valence-corrected chi connectivity index (χ0v) is 16.5. The fourth-order valence-electron chi connectivity index (χ4n) is 3.33. The van der Waals surface area contributed by atoms with Crippen molar-refractivity contribution in [2.75, 3.05) is 6.61 Å². The minimum Gasteiger partial charge on any atom is -0.477 e. The first-order valence-electron chi connectivity index (χ1n) is 8.93. The Morgan fingerprint density at radius 2 is 2.00 bits per heavy atom. The van der Waals surface area contributed by atoms with Crippen LogP contribution in [0.25, 0.3) is 15.4 Å². The highest BCUT2D eigenvalue weighted by Gasteiger charge is 2.26. The van der Waals surface area contributed by atoms with Gasteiger partial charge < -0.3 is 4.74 Å². The lowest BCUT2D eigenvalue weighted by atomic mass is 10.1. The molecule has 0 spiro atoms. The van der Waals surface area contributed by atoms with Crippen LogP contribution in [0.1, 0.15) is 42.9 Å². The third-order valence-corrected chi connectivity index (χ3v) is 5.58. The standard InChI is InChI=1S/C21H20BrN3O/c1-3-14-11-17-19(20(14)22)21(26-4-2)25-18(24-17)10-13-9-15-7-5-6-8-16(15)23-12-13/h5-9,12H,3-4,10-11H2,1-2H3. The highest BCUT2D eigenvalue weighted by molar-refractivity contribution is 9.15. The Balaban J connectivity index is 1.71. The topological polar surface area (TPSA) is 47.9 Å². The van der Waals surface area contributed by atoms with Gasteiger partial charge in [-0.2, -0.15) is 4.98 Å². The molecule has 0 amide bonds. The number of rotatable bonds is 5. The van der Waals surface area contributed by atoms with Gasteiger partial charge in [-0.3, -0.25) is 4.98 Å². The maximum absolute atomic E-state index is 5.83. The Hall–Kier alpha value is -2.27. The third-order valence-electron chi connectivity index (χ3n) is 4.62. The Morgan fingerprint density at radius 1 is 1.15 bits per heavy atom. The number of pyridine rings is 1. The quantitative estimate of drug-likeness (QED) is 0.588. The van der Waals surface area contributed by atoms with Gasteiger partial charge in [-0.05, 0) is 52.5 Å². The van der Waals surface area contributed by atoms with E-state index >= 15 is 0 Å². The maximum Gasteiger partial charge on any atom is 0.225 e. The molecule has 4 rings (SSSR count). The van der Waals surface area contributed by atoms with E-state index < -0.39 is 0 Å². The Labute approximate surface area is 161 Å². The average Bonchev–Trinajstić information content (AvgIpc) is 2.98. The SMILES string of the molecule is CCOc1nc(Cc2cnc3ccccc3c2)nc2c1C(Br)=C(CC)C2. The van der Waals surface area contributed by atoms with E-state index in [1.807, 2.05) is 31.3 Å². The summed E-state index contributed by atoms with van der Waals surface area (Å²) in [5.74, 6) is 1.46. The summed E-state index contributed by atoms with van der Waals surface area (Å²) in [6.07, 6.45) is 4.40. The molecular weight excluding hydrogens is 390 g/mol. The number of allylic oxidation sites excluding steroid dienone is 1. The number of hydrogen-bond donors (Lipinski definition) is 0. The zero-order valence-electron chi connectivity index (χ0n) is 14.9. The van der Waals surface area contributed by atoms with Gasteiger partial charge in [0.05, 0.1) is 23.4 Å². The predicted molar refractivity (Wildman–Crippen MR) is 108 cm³/mol. The van der Waals surface area contributed by atoms with E-state index in [9.17, 15) is 0 Å². The molecule has 132 valence electrons. The molecule has 0 atom stereocenters. The highest BCUT2D eigenvalue weighted by atomic mass is 79.9. The molecule has 0 saturated heterocycles. The Bertz CT molecular complexity index is 1010. The van der Waals surface area contributed by atoms with Gasteiger partial charge in [-0.15, -0.1) is 0 Å². The maximum atomic E-state index is 5.83. The Morgan fingerprint density at radius 3 is 2.81 bits per heavy atom. The summed E-state index contributed by atoms with van der Waals surface area (Å²) in [6.45, 7) is 4.73. The van der Waals surface area contributed by atoms with E-state index in [-0.39, 0.29) is 0 Å². The van der Waals surface area contributed by atoms with Gasteiger partial charge in [-0.25, -0.2) is 4.98 Å². The van der Waals surface area contributed by atoms with Crippen LogP contribution in [-0.4, -0.2) is 21.6 Å². The number of aromatic nitrogens is 3. The van der Waals surface area contributed by atoms with Crippen molar-refractivity contribution >= 4 is 31.3 Å². The van der Waals surface area contributed by atoms with Crippen molar-refractivity contribution in [3.05, 3.63) is 64.7 Å². The zero-order chi connectivity index (χ0) is 18.1. The number of fused-ring (bicyclic) bond motifs is 2. The van der Waals surface area contributed by atoms with Crippen molar-refractivity contribution in [2.45, 2.75) is 33.1 Å². The number of nitrogens with zero attached hydrogens (tertiary/aromatic N) is 3. The van der Waals surface area contributed by atoms with Crippen LogP contribution < -0.4 is 4.74 Å². The molecule has 1 aliphatic rings. The monoisotopic (exact) mass is 409 g/mol. The number of hydrogen-bond acceptors (Lipinski definition) is 4. The number of ether oxygens (including phenoxy) is 1. The lowest BCUT2D eigenvalue weighted by Gasteiger charge is -2.11. The molecule has 0 bridgehead atoms. The fraction of sp³-hybridized carbons (Fsp3) is 0.286. The van der Waals surface area contributed by atoms with Gasteiger partial charge in [0.25, 0.3) is 0 Å². The molecule has 0 radical (unpaired) electrons. The molecule has 0 saturated carbocycles. The molecule has 0 N–H and O–H groups in total. The van der Waals surface area contributed by atoms with Gasteiger partial charge in [0, 0.05) is 28.9 Å². The van der Waals surface area contributed by atoms with E-state index in [0.29, 0.717) is 18.9 Å². The van der Waals surface area contributed by atoms with Crippen LogP contribution in [-0.2, 0) is 12.8 Å². The normalized spacial score (nSPS) is 13.3. The second-order valence-corrected chi connectivity index (χ2v) is 7.15. The van der Waals surface area contributed by atoms with E-state index in [0.717, 1.165) is 50.9 Å². The largest absolute Gasteiger partial charge is 0.477 e. The lowest BCUT2D eigenvalue weighted by molar-refractivity contribution is 0.324. The van der Waals surface area contributed by atoms with E-state index in [1.54, 1.807) is 0 Å². The molecule has 3 aromatic rings. The highest BCUT2D eigenvalue weighted by Crippen LogP contribution is 2.42. The number of para-hydroxylation sites is 1. The van der Waals surface area contributed by atoms with Crippen LogP contribution >= 0.6 is 15.9 Å². The van der Waals surface area contributed by atoms with E-state index in [4.69, 9.17) is 14.7 Å². The summed E-state index contributed by atoms with van der Waals surface area (Å²) in [7, 11) is 0. The molecule has 1 aromatic carbocycles. The molecule has 0 unspecified atom stereocenters. The van der Waals surface area contributed by atoms with Crippen LogP contribution in [0.3, 0.4) is 0 Å². The first-order chi connectivity index (χ1) is 12.7. The molecular formula is C21H20BrN3O. The second-order valence-electron chi connectivity index (χ2n) is 6.36. The summed E-state index contributed by atoms with van der Waals surface area (Å²) in [5.41, 5.74) is 5.52. The molecule has 4 nitrogen and oxygen atoms in total. The lowest BCUT2D eigenvalue weighted by Crippen LogP contribution is -2.06. The first-order valence-corrected chi connectivity index (χ1v) is 9.73. The molecule has 0 fully saturated rings. The molecule has 2 heterocycles. The van der Waals surface area contributed by atoms with E-state index in [1.165, 1.54) is 5.57 Å². The summed E-state index contributed by atoms with van der Waals surface area (Å²) in [6, 6.07) is 10.3. The first kappa shape index (κ1) is 17.2. The van der Waals surface area contributed by atoms with Crippen LogP contribution in [0.4, 0.5) is 0 Å². The Kier molecular flexibility index (Phi) is 4.72. The van der Waals surface area contributed by atoms with Crippen LogP contribution in [0, 0.1) is 0 Å². The van der Waals surface area contributed by atoms with Gasteiger partial charge in [0.1, 0.15) is 5.82 Å². The summed E-state index contributed by atoms with van der Waals surface area (Å²) < 4.78 is 6.92. The van der Waals surface area contributed by atoms with Crippen molar-refractivity contribution in [3.63, 3.8) is 0 Å². The molecule has 2 aromatic heterocycles. The van der Waals surface area contributed by atoms with Gasteiger partial charge in [-0.1, -0.05) is 25.1 Å². The average molecular weight is 410 g/mol. The van der Waals surface area contributed by atoms with Crippen LogP contribution in [0.5, 0.6) is 5.88 Å². The van der Waals surface area contributed by atoms with Crippen molar-refractivity contribution in [3.8, 4) is 5.88 Å². The number of benzene rings is 1. The summed E-state index contributed by atoms with van der Waals surface area (Å²) >= 11 is 3.71. The molecule has 0 aliphatic heterocycles. The van der Waals surface area contributed by atoms with Crippen LogP contribution in [0.15, 0.2) is 42.1 Å². The minimum absolute atomic E-state index is 0.585. The fourth-order valence-corrected chi connectivity index (χ4v) is 4.15. The van der Waals surface area contributed by atoms with Gasteiger partial charge >= 0.3 is 0 Å². The van der Waals surface area contributed by atoms with Crippen molar-refractivity contribution in [2.24, 2.45) is 0 Å². The smallest absolute Gasteiger partial charge is 0.225 e. The molecule has 1 aliphatic carbocycles. The third kappa shape index (κ3) is 3.12. The van der Waals surface area contributed by atoms with Gasteiger partial charge in [0.2, 0.25) is 5.88 Å². The molecule has 5 heteroatoms. The summed E-state index contributed by atoms with van der Waals surface area (Å²) in [5, 5.41) is 1.13. The van der Waals surface area contributed by atoms with E-state index in [2.05, 4.69) is 40.0 Å². The second kappa shape index (κ2) is 7.16. The number of halogens is 1. The van der Waals surface area contributed by atoms with Crippen molar-refractivity contribution in [1.29, 1.82) is 0 Å². The molecule has 26 heavy (non-hydrogen) atoms. The van der Waals surface area contributed by atoms with Crippen molar-refractivity contribution < 1.29 is 4.74 Å². The summed E-state index contributed by atoms with van der Waals surface area (Å²) in [4.78, 5) is 14.1. The van der Waals surface area contributed by atoms with Crippen LogP contribution in [0.2, 0.25) is 0 Å². The predicted octanol–water partition coefficient (Wildman–Crippen LogP) is 5.09.